The van der Waals surface area contributed by atoms with Gasteiger partial charge in [0.25, 0.3) is 11.8 Å². The highest BCUT2D eigenvalue weighted by molar-refractivity contribution is 6.08. The molecule has 3 amide bonds. The molecule has 2 aromatic carbocycles. The highest BCUT2D eigenvalue weighted by atomic mass is 16.5. The summed E-state index contributed by atoms with van der Waals surface area (Å²) in [6, 6.07) is 16.4. The summed E-state index contributed by atoms with van der Waals surface area (Å²) < 4.78 is 5.66. The first-order chi connectivity index (χ1) is 15.4. The SMILES string of the molecule is C#CCN1C(=O)[C@]2(C)[C@H](c3ccccc31)[C@@H](C(=O)NC)CN2C(=O)COc1ccccc1. The number of para-hydroxylation sites is 2. The van der Waals surface area contributed by atoms with E-state index in [1.807, 2.05) is 42.5 Å². The summed E-state index contributed by atoms with van der Waals surface area (Å²) in [6.45, 7) is 1.67. The first-order valence-electron chi connectivity index (χ1n) is 10.5. The van der Waals surface area contributed by atoms with Crippen molar-refractivity contribution >= 4 is 23.4 Å². The molecule has 2 heterocycles. The van der Waals surface area contributed by atoms with Crippen LogP contribution < -0.4 is 15.0 Å². The van der Waals surface area contributed by atoms with Gasteiger partial charge in [0.15, 0.2) is 6.61 Å². The number of rotatable bonds is 5. The molecule has 0 unspecified atom stereocenters. The van der Waals surface area contributed by atoms with Crippen molar-refractivity contribution in [1.29, 1.82) is 0 Å². The number of carbonyl (C=O) groups is 3. The van der Waals surface area contributed by atoms with Crippen molar-refractivity contribution in [3.05, 3.63) is 60.2 Å². The second kappa shape index (κ2) is 8.39. The minimum absolute atomic E-state index is 0.0747. The largest absolute Gasteiger partial charge is 0.484 e. The first-order valence-corrected chi connectivity index (χ1v) is 10.5. The third kappa shape index (κ3) is 3.28. The monoisotopic (exact) mass is 431 g/mol. The zero-order chi connectivity index (χ0) is 22.9. The maximum absolute atomic E-state index is 13.8. The molecule has 7 nitrogen and oxygen atoms in total. The molecule has 4 rings (SSSR count). The first kappa shape index (κ1) is 21.4. The third-order valence-corrected chi connectivity index (χ3v) is 6.43. The predicted molar refractivity (Wildman–Crippen MR) is 120 cm³/mol. The predicted octanol–water partition coefficient (Wildman–Crippen LogP) is 1.79. The van der Waals surface area contributed by atoms with Gasteiger partial charge in [-0.3, -0.25) is 19.3 Å². The molecule has 32 heavy (non-hydrogen) atoms. The van der Waals surface area contributed by atoms with Gasteiger partial charge in [0, 0.05) is 25.2 Å². The highest BCUT2D eigenvalue weighted by Crippen LogP contribution is 2.52. The van der Waals surface area contributed by atoms with Gasteiger partial charge in [0.2, 0.25) is 5.91 Å². The number of fused-ring (bicyclic) bond motifs is 3. The van der Waals surface area contributed by atoms with Gasteiger partial charge in [-0.2, -0.15) is 0 Å². The number of hydrogen-bond acceptors (Lipinski definition) is 4. The molecule has 0 aliphatic carbocycles. The van der Waals surface area contributed by atoms with Gasteiger partial charge < -0.3 is 15.0 Å². The van der Waals surface area contributed by atoms with E-state index in [2.05, 4.69) is 11.2 Å². The number of nitrogens with zero attached hydrogens (tertiary/aromatic N) is 2. The molecule has 1 fully saturated rings. The van der Waals surface area contributed by atoms with Crippen molar-refractivity contribution in [1.82, 2.24) is 10.2 Å². The van der Waals surface area contributed by atoms with Gasteiger partial charge in [0.1, 0.15) is 11.3 Å². The summed E-state index contributed by atoms with van der Waals surface area (Å²) in [5, 5.41) is 2.69. The zero-order valence-electron chi connectivity index (χ0n) is 18.1. The van der Waals surface area contributed by atoms with E-state index in [9.17, 15) is 14.4 Å². The lowest BCUT2D eigenvalue weighted by atomic mass is 9.71. The Morgan fingerprint density at radius 2 is 1.88 bits per heavy atom. The number of hydrogen-bond donors (Lipinski definition) is 1. The Labute approximate surface area is 187 Å². The summed E-state index contributed by atoms with van der Waals surface area (Å²) in [6.07, 6.45) is 5.55. The molecule has 0 spiro atoms. The van der Waals surface area contributed by atoms with E-state index in [1.165, 1.54) is 9.80 Å². The molecule has 0 radical (unpaired) electrons. The summed E-state index contributed by atoms with van der Waals surface area (Å²) in [5.74, 6) is 1.15. The van der Waals surface area contributed by atoms with Gasteiger partial charge >= 0.3 is 0 Å². The molecule has 2 aliphatic rings. The molecular formula is C25H25N3O4. The van der Waals surface area contributed by atoms with Crippen LogP contribution in [0.15, 0.2) is 54.6 Å². The van der Waals surface area contributed by atoms with Crippen molar-refractivity contribution in [3.63, 3.8) is 0 Å². The summed E-state index contributed by atoms with van der Waals surface area (Å²) in [5.41, 5.74) is 0.249. The average molecular weight is 431 g/mol. The molecule has 3 atom stereocenters. The zero-order valence-corrected chi connectivity index (χ0v) is 18.1. The van der Waals surface area contributed by atoms with E-state index in [-0.39, 0.29) is 37.4 Å². The maximum Gasteiger partial charge on any atom is 0.261 e. The lowest BCUT2D eigenvalue weighted by Crippen LogP contribution is -2.62. The Hall–Kier alpha value is -3.79. The fourth-order valence-electron chi connectivity index (χ4n) is 4.97. The summed E-state index contributed by atoms with van der Waals surface area (Å²) in [4.78, 5) is 43.0. The lowest BCUT2D eigenvalue weighted by molar-refractivity contribution is -0.145. The molecule has 0 saturated carbocycles. The van der Waals surface area contributed by atoms with Crippen LogP contribution in [-0.4, -0.2) is 54.9 Å². The van der Waals surface area contributed by atoms with E-state index in [0.717, 1.165) is 5.56 Å². The van der Waals surface area contributed by atoms with Crippen LogP contribution in [0.3, 0.4) is 0 Å². The van der Waals surface area contributed by atoms with E-state index in [4.69, 9.17) is 11.2 Å². The number of benzene rings is 2. The Morgan fingerprint density at radius 1 is 1.19 bits per heavy atom. The van der Waals surface area contributed by atoms with Crippen LogP contribution in [0, 0.1) is 18.3 Å². The Bertz CT molecular complexity index is 1090. The Balaban J connectivity index is 1.75. The van der Waals surface area contributed by atoms with Gasteiger partial charge in [-0.25, -0.2) is 0 Å². The molecule has 164 valence electrons. The molecule has 2 aromatic rings. The number of likely N-dealkylation sites (tertiary alicyclic amines) is 1. The number of anilines is 1. The summed E-state index contributed by atoms with van der Waals surface area (Å²) in [7, 11) is 1.56. The van der Waals surface area contributed by atoms with Crippen molar-refractivity contribution < 1.29 is 19.1 Å². The Kier molecular flexibility index (Phi) is 5.62. The second-order valence-electron chi connectivity index (χ2n) is 8.11. The number of ether oxygens (including phenoxy) is 1. The van der Waals surface area contributed by atoms with Crippen molar-refractivity contribution in [2.24, 2.45) is 5.92 Å². The lowest BCUT2D eigenvalue weighted by Gasteiger charge is -2.46. The molecule has 1 saturated heterocycles. The Morgan fingerprint density at radius 3 is 2.56 bits per heavy atom. The van der Waals surface area contributed by atoms with Gasteiger partial charge in [0.05, 0.1) is 12.5 Å². The van der Waals surface area contributed by atoms with Crippen LogP contribution >= 0.6 is 0 Å². The normalized spacial score (nSPS) is 23.7. The van der Waals surface area contributed by atoms with Crippen LogP contribution in [0.4, 0.5) is 5.69 Å². The molecule has 1 N–H and O–H groups in total. The topological polar surface area (TPSA) is 79.0 Å². The van der Waals surface area contributed by atoms with E-state index in [0.29, 0.717) is 11.4 Å². The van der Waals surface area contributed by atoms with Crippen LogP contribution in [0.5, 0.6) is 5.75 Å². The minimum atomic E-state index is -1.26. The molecule has 0 aromatic heterocycles. The maximum atomic E-state index is 13.8. The molecule has 7 heteroatoms. The minimum Gasteiger partial charge on any atom is -0.484 e. The van der Waals surface area contributed by atoms with E-state index in [1.54, 1.807) is 26.1 Å². The average Bonchev–Trinajstić information content (AvgIpc) is 3.15. The fourth-order valence-corrected chi connectivity index (χ4v) is 4.97. The van der Waals surface area contributed by atoms with Crippen LogP contribution in [0.25, 0.3) is 0 Å². The summed E-state index contributed by atoms with van der Waals surface area (Å²) >= 11 is 0. The molecule has 2 aliphatic heterocycles. The van der Waals surface area contributed by atoms with Gasteiger partial charge in [-0.1, -0.05) is 42.3 Å². The quantitative estimate of drug-likeness (QED) is 0.733. The number of carbonyl (C=O) groups excluding carboxylic acids is 3. The smallest absolute Gasteiger partial charge is 0.261 e. The molecular weight excluding hydrogens is 406 g/mol. The van der Waals surface area contributed by atoms with Crippen molar-refractivity contribution in [2.45, 2.75) is 18.4 Å². The highest BCUT2D eigenvalue weighted by Gasteiger charge is 2.63. The van der Waals surface area contributed by atoms with Crippen molar-refractivity contribution in [3.8, 4) is 18.1 Å². The van der Waals surface area contributed by atoms with Crippen LogP contribution in [0.1, 0.15) is 18.4 Å². The molecule has 0 bridgehead atoms. The number of terminal acetylenes is 1. The standard InChI is InChI=1S/C25H25N3O4/c1-4-14-27-20-13-9-8-12-18(20)22-19(23(30)26-3)15-28(25(22,2)24(27)31)21(29)16-32-17-10-6-5-7-11-17/h1,5-13,19,22H,14-16H2,2-3H3,(H,26,30)/t19-,22+,25-/m0/s1. The van der Waals surface area contributed by atoms with E-state index < -0.39 is 17.4 Å². The van der Waals surface area contributed by atoms with E-state index >= 15 is 0 Å². The van der Waals surface area contributed by atoms with Gasteiger partial charge in [-0.15, -0.1) is 6.42 Å². The van der Waals surface area contributed by atoms with Crippen molar-refractivity contribution in [2.75, 3.05) is 31.6 Å². The van der Waals surface area contributed by atoms with Gasteiger partial charge in [-0.05, 0) is 30.7 Å². The number of amides is 3. The fraction of sp³-hybridized carbons (Fsp3) is 0.320. The third-order valence-electron chi connectivity index (χ3n) is 6.43. The van der Waals surface area contributed by atoms with Crippen LogP contribution in [0.2, 0.25) is 0 Å². The number of nitrogens with one attached hydrogen (secondary N) is 1. The van der Waals surface area contributed by atoms with Crippen LogP contribution in [-0.2, 0) is 14.4 Å². The second-order valence-corrected chi connectivity index (χ2v) is 8.11.